The van der Waals surface area contributed by atoms with Gasteiger partial charge in [0, 0.05) is 11.1 Å². The van der Waals surface area contributed by atoms with Gasteiger partial charge in [-0.2, -0.15) is 0 Å². The van der Waals surface area contributed by atoms with Crippen molar-refractivity contribution < 1.29 is 4.39 Å². The number of hydrogen-bond donors (Lipinski definition) is 1. The summed E-state index contributed by atoms with van der Waals surface area (Å²) < 4.78 is 13.1. The standard InChI is InChI=1S/C18H15ClFN/c19-17-11-14(20)9-8-13(17)10-18(21)16-7-3-5-12-4-1-2-6-15(12)16/h1-9,11,18H,10,21H2. The van der Waals surface area contributed by atoms with Crippen LogP contribution in [0.25, 0.3) is 10.8 Å². The van der Waals surface area contributed by atoms with Crippen molar-refractivity contribution in [2.45, 2.75) is 12.5 Å². The van der Waals surface area contributed by atoms with Gasteiger partial charge in [0.2, 0.25) is 0 Å². The summed E-state index contributed by atoms with van der Waals surface area (Å²) in [5.41, 5.74) is 8.28. The smallest absolute Gasteiger partial charge is 0.124 e. The number of benzene rings is 3. The molecule has 3 aromatic carbocycles. The second-order valence-corrected chi connectivity index (χ2v) is 5.52. The molecule has 0 saturated heterocycles. The van der Waals surface area contributed by atoms with Gasteiger partial charge in [0.25, 0.3) is 0 Å². The molecule has 0 aliphatic heterocycles. The molecule has 0 amide bonds. The average molecular weight is 300 g/mol. The van der Waals surface area contributed by atoms with Crippen molar-refractivity contribution in [2.24, 2.45) is 5.73 Å². The summed E-state index contributed by atoms with van der Waals surface area (Å²) >= 11 is 6.08. The van der Waals surface area contributed by atoms with Crippen molar-refractivity contribution in [1.29, 1.82) is 0 Å². The Morgan fingerprint density at radius 1 is 1.00 bits per heavy atom. The highest BCUT2D eigenvalue weighted by Crippen LogP contribution is 2.27. The second kappa shape index (κ2) is 5.84. The lowest BCUT2D eigenvalue weighted by molar-refractivity contribution is 0.626. The van der Waals surface area contributed by atoms with E-state index >= 15 is 0 Å². The summed E-state index contributed by atoms with van der Waals surface area (Å²) in [6.45, 7) is 0. The van der Waals surface area contributed by atoms with E-state index in [-0.39, 0.29) is 11.9 Å². The Kier molecular flexibility index (Phi) is 3.91. The van der Waals surface area contributed by atoms with Gasteiger partial charge in [0.05, 0.1) is 0 Å². The van der Waals surface area contributed by atoms with E-state index in [9.17, 15) is 4.39 Å². The summed E-state index contributed by atoms with van der Waals surface area (Å²) in [5.74, 6) is -0.331. The lowest BCUT2D eigenvalue weighted by atomic mass is 9.95. The number of fused-ring (bicyclic) bond motifs is 1. The topological polar surface area (TPSA) is 26.0 Å². The van der Waals surface area contributed by atoms with Crippen molar-refractivity contribution in [1.82, 2.24) is 0 Å². The van der Waals surface area contributed by atoms with Crippen LogP contribution in [0.5, 0.6) is 0 Å². The predicted octanol–water partition coefficient (Wildman–Crippen LogP) is 4.87. The van der Waals surface area contributed by atoms with Gasteiger partial charge in [-0.25, -0.2) is 4.39 Å². The highest BCUT2D eigenvalue weighted by atomic mass is 35.5. The van der Waals surface area contributed by atoms with Crippen LogP contribution in [0.4, 0.5) is 4.39 Å². The lowest BCUT2D eigenvalue weighted by Crippen LogP contribution is -2.14. The Hall–Kier alpha value is -1.90. The van der Waals surface area contributed by atoms with Crippen molar-refractivity contribution in [2.75, 3.05) is 0 Å². The molecule has 0 saturated carbocycles. The van der Waals surface area contributed by atoms with E-state index in [2.05, 4.69) is 18.2 Å². The SMILES string of the molecule is NC(Cc1ccc(F)cc1Cl)c1cccc2ccccc12. The van der Waals surface area contributed by atoms with Crippen LogP contribution < -0.4 is 5.73 Å². The maximum Gasteiger partial charge on any atom is 0.124 e. The maximum atomic E-state index is 13.1. The van der Waals surface area contributed by atoms with Gasteiger partial charge < -0.3 is 5.73 Å². The molecule has 3 rings (SSSR count). The normalized spacial score (nSPS) is 12.5. The Bertz CT molecular complexity index is 780. The molecule has 1 unspecified atom stereocenters. The molecule has 0 fully saturated rings. The minimum atomic E-state index is -0.331. The van der Waals surface area contributed by atoms with Gasteiger partial charge in [-0.3, -0.25) is 0 Å². The molecule has 0 heterocycles. The van der Waals surface area contributed by atoms with E-state index < -0.39 is 0 Å². The van der Waals surface area contributed by atoms with Gasteiger partial charge in [-0.15, -0.1) is 0 Å². The third-order valence-electron chi connectivity index (χ3n) is 3.68. The summed E-state index contributed by atoms with van der Waals surface area (Å²) in [7, 11) is 0. The first-order chi connectivity index (χ1) is 10.1. The third-order valence-corrected chi connectivity index (χ3v) is 4.03. The molecule has 3 aromatic rings. The molecular formula is C18H15ClFN. The molecule has 0 spiro atoms. The summed E-state index contributed by atoms with van der Waals surface area (Å²) in [4.78, 5) is 0. The minimum absolute atomic E-state index is 0.181. The van der Waals surface area contributed by atoms with Gasteiger partial charge in [0.15, 0.2) is 0 Å². The molecular weight excluding hydrogens is 285 g/mol. The Balaban J connectivity index is 1.95. The molecule has 21 heavy (non-hydrogen) atoms. The number of rotatable bonds is 3. The van der Waals surface area contributed by atoms with Gasteiger partial charge in [-0.1, -0.05) is 60.1 Å². The first-order valence-corrected chi connectivity index (χ1v) is 7.20. The van der Waals surface area contributed by atoms with Crippen LogP contribution in [0.1, 0.15) is 17.2 Å². The molecule has 1 atom stereocenters. The molecule has 0 aliphatic carbocycles. The van der Waals surface area contributed by atoms with Crippen LogP contribution in [-0.2, 0) is 6.42 Å². The Morgan fingerprint density at radius 3 is 2.57 bits per heavy atom. The fraction of sp³-hybridized carbons (Fsp3) is 0.111. The largest absolute Gasteiger partial charge is 0.324 e. The Labute approximate surface area is 128 Å². The fourth-order valence-electron chi connectivity index (χ4n) is 2.61. The summed E-state index contributed by atoms with van der Waals surface area (Å²) in [6.07, 6.45) is 0.577. The maximum absolute atomic E-state index is 13.1. The van der Waals surface area contributed by atoms with Gasteiger partial charge >= 0.3 is 0 Å². The Morgan fingerprint density at radius 2 is 1.76 bits per heavy atom. The monoisotopic (exact) mass is 299 g/mol. The quantitative estimate of drug-likeness (QED) is 0.733. The van der Waals surface area contributed by atoms with E-state index in [0.717, 1.165) is 21.9 Å². The van der Waals surface area contributed by atoms with Crippen molar-refractivity contribution in [3.8, 4) is 0 Å². The zero-order valence-electron chi connectivity index (χ0n) is 11.4. The minimum Gasteiger partial charge on any atom is -0.324 e. The molecule has 0 aliphatic rings. The molecule has 0 bridgehead atoms. The zero-order chi connectivity index (χ0) is 14.8. The lowest BCUT2D eigenvalue weighted by Gasteiger charge is -2.15. The average Bonchev–Trinajstić information content (AvgIpc) is 2.49. The molecule has 0 aromatic heterocycles. The number of hydrogen-bond acceptors (Lipinski definition) is 1. The highest BCUT2D eigenvalue weighted by Gasteiger charge is 2.12. The van der Waals surface area contributed by atoms with Crippen LogP contribution in [-0.4, -0.2) is 0 Å². The van der Waals surface area contributed by atoms with E-state index in [1.165, 1.54) is 12.1 Å². The number of halogens is 2. The highest BCUT2D eigenvalue weighted by molar-refractivity contribution is 6.31. The summed E-state index contributed by atoms with van der Waals surface area (Å²) in [5, 5.41) is 2.73. The number of nitrogens with two attached hydrogens (primary N) is 1. The zero-order valence-corrected chi connectivity index (χ0v) is 12.1. The van der Waals surface area contributed by atoms with Crippen LogP contribution in [0.2, 0.25) is 5.02 Å². The van der Waals surface area contributed by atoms with Crippen molar-refractivity contribution >= 4 is 22.4 Å². The predicted molar refractivity (Wildman–Crippen MR) is 86.0 cm³/mol. The van der Waals surface area contributed by atoms with Gasteiger partial charge in [0.1, 0.15) is 5.82 Å². The molecule has 2 N–H and O–H groups in total. The summed E-state index contributed by atoms with van der Waals surface area (Å²) in [6, 6.07) is 18.5. The van der Waals surface area contributed by atoms with Crippen LogP contribution in [0, 0.1) is 5.82 Å². The van der Waals surface area contributed by atoms with Crippen molar-refractivity contribution in [3.05, 3.63) is 82.6 Å². The fourth-order valence-corrected chi connectivity index (χ4v) is 2.85. The first-order valence-electron chi connectivity index (χ1n) is 6.82. The molecule has 1 nitrogen and oxygen atoms in total. The van der Waals surface area contributed by atoms with Gasteiger partial charge in [-0.05, 0) is 40.5 Å². The second-order valence-electron chi connectivity index (χ2n) is 5.11. The molecule has 0 radical (unpaired) electrons. The van der Waals surface area contributed by atoms with E-state index in [1.54, 1.807) is 6.07 Å². The molecule has 3 heteroatoms. The van der Waals surface area contributed by atoms with E-state index in [0.29, 0.717) is 11.4 Å². The van der Waals surface area contributed by atoms with E-state index in [4.69, 9.17) is 17.3 Å². The van der Waals surface area contributed by atoms with Crippen LogP contribution >= 0.6 is 11.6 Å². The third kappa shape index (κ3) is 2.92. The molecule has 106 valence electrons. The van der Waals surface area contributed by atoms with Crippen LogP contribution in [0.3, 0.4) is 0 Å². The first kappa shape index (κ1) is 14.1. The van der Waals surface area contributed by atoms with Crippen LogP contribution in [0.15, 0.2) is 60.7 Å². The van der Waals surface area contributed by atoms with Crippen molar-refractivity contribution in [3.63, 3.8) is 0 Å². The van der Waals surface area contributed by atoms with E-state index in [1.807, 2.05) is 24.3 Å².